The number of esters is 1. The smallest absolute Gasteiger partial charge is 0.306 e. The summed E-state index contributed by atoms with van der Waals surface area (Å²) in [5, 5.41) is 13.9. The molecule has 0 aliphatic heterocycles. The van der Waals surface area contributed by atoms with Gasteiger partial charge in [0.2, 0.25) is 5.04 Å². The highest BCUT2D eigenvalue weighted by Gasteiger charge is 2.36. The molecule has 3 rings (SSSR count). The van der Waals surface area contributed by atoms with Gasteiger partial charge in [0.1, 0.15) is 12.4 Å². The molecule has 0 saturated heterocycles. The Morgan fingerprint density at radius 3 is 2.33 bits per heavy atom. The average molecular weight is 468 g/mol. The highest BCUT2D eigenvalue weighted by molar-refractivity contribution is 8.24. The number of carbonyl (C=O) groups excluding carboxylic acids is 1. The number of hydrogen-bond acceptors (Lipinski definition) is 5. The van der Waals surface area contributed by atoms with Gasteiger partial charge in [-0.1, -0.05) is 58.0 Å². The van der Waals surface area contributed by atoms with E-state index in [0.717, 1.165) is 34.2 Å². The number of ether oxygens (including phenoxy) is 2. The minimum atomic E-state index is -0.340. The van der Waals surface area contributed by atoms with E-state index >= 15 is 0 Å². The molecule has 33 heavy (non-hydrogen) atoms. The summed E-state index contributed by atoms with van der Waals surface area (Å²) in [7, 11) is 1.36. The number of thioether (sulfide) groups is 1. The first-order valence-electron chi connectivity index (χ1n) is 11.3. The quantitative estimate of drug-likeness (QED) is 0.333. The Balaban J connectivity index is 1.73. The van der Waals surface area contributed by atoms with Gasteiger partial charge in [-0.3, -0.25) is 10.2 Å². The van der Waals surface area contributed by atoms with Crippen LogP contribution in [0.2, 0.25) is 0 Å². The van der Waals surface area contributed by atoms with E-state index in [-0.39, 0.29) is 29.1 Å². The van der Waals surface area contributed by atoms with Gasteiger partial charge in [-0.05, 0) is 69.8 Å². The zero-order valence-corrected chi connectivity index (χ0v) is 21.1. The van der Waals surface area contributed by atoms with Crippen molar-refractivity contribution in [1.82, 2.24) is 0 Å². The third-order valence-electron chi connectivity index (χ3n) is 6.74. The Hall–Kier alpha value is -2.60. The molecule has 0 bridgehead atoms. The van der Waals surface area contributed by atoms with E-state index in [0.29, 0.717) is 11.7 Å². The van der Waals surface area contributed by atoms with Crippen molar-refractivity contribution in [3.63, 3.8) is 0 Å². The first kappa shape index (κ1) is 25.0. The summed E-state index contributed by atoms with van der Waals surface area (Å²) in [5.41, 5.74) is 6.45. The fourth-order valence-electron chi connectivity index (χ4n) is 4.47. The lowest BCUT2D eigenvalue weighted by Crippen LogP contribution is -2.42. The topological polar surface area (TPSA) is 85.0 Å². The molecule has 2 aromatic rings. The molecule has 3 N–H and O–H groups in total. The van der Waals surface area contributed by atoms with Crippen LogP contribution in [0, 0.1) is 5.41 Å². The van der Waals surface area contributed by atoms with Crippen LogP contribution < -0.4 is 10.1 Å². The highest BCUT2D eigenvalue weighted by atomic mass is 32.2. The largest absolute Gasteiger partial charge is 0.489 e. The van der Waals surface area contributed by atoms with Crippen LogP contribution in [0.15, 0.2) is 42.5 Å². The average Bonchev–Trinajstić information content (AvgIpc) is 2.79. The molecule has 0 amide bonds. The highest BCUT2D eigenvalue weighted by Crippen LogP contribution is 2.46. The van der Waals surface area contributed by atoms with E-state index in [2.05, 4.69) is 45.9 Å². The number of fused-ring (bicyclic) bond motifs is 1. The second kappa shape index (κ2) is 10.1. The molecule has 0 unspecified atom stereocenters. The first-order valence-corrected chi connectivity index (χ1v) is 12.2. The summed E-state index contributed by atoms with van der Waals surface area (Å²) in [5.74, 6) is 0.0860. The maximum absolute atomic E-state index is 11.8. The molecule has 176 valence electrons. The van der Waals surface area contributed by atoms with Crippen molar-refractivity contribution in [2.75, 3.05) is 7.11 Å². The van der Waals surface area contributed by atoms with Gasteiger partial charge < -0.3 is 14.9 Å². The predicted octanol–water partition coefficient (Wildman–Crippen LogP) is 4.76. The van der Waals surface area contributed by atoms with Crippen molar-refractivity contribution in [3.8, 4) is 5.75 Å². The van der Waals surface area contributed by atoms with Gasteiger partial charge in [0, 0.05) is 0 Å². The van der Waals surface area contributed by atoms with Crippen LogP contribution in [0.3, 0.4) is 0 Å². The second-order valence-corrected chi connectivity index (χ2v) is 10.9. The van der Waals surface area contributed by atoms with Crippen molar-refractivity contribution in [2.45, 2.75) is 70.3 Å². The molecule has 1 atom stereocenters. The van der Waals surface area contributed by atoms with Gasteiger partial charge in [0.05, 0.1) is 25.0 Å². The first-order chi connectivity index (χ1) is 15.6. The molecular weight excluding hydrogens is 432 g/mol. The molecule has 0 saturated carbocycles. The second-order valence-electron chi connectivity index (χ2n) is 9.98. The van der Waals surface area contributed by atoms with Crippen molar-refractivity contribution in [2.24, 2.45) is 0 Å². The summed E-state index contributed by atoms with van der Waals surface area (Å²) in [6, 6.07) is 14.4. The van der Waals surface area contributed by atoms with Gasteiger partial charge in [-0.2, -0.15) is 0 Å². The van der Waals surface area contributed by atoms with E-state index in [1.54, 1.807) is 0 Å². The number of carbonyl (C=O) groups is 1. The van der Waals surface area contributed by atoms with Crippen molar-refractivity contribution in [1.29, 1.82) is 5.41 Å². The molecule has 0 aromatic heterocycles. The lowest BCUT2D eigenvalue weighted by Gasteiger charge is -2.42. The SMILES string of the molecule is COC(=O)C[C@@H](C(=[NH2+])SC=N)c1ccc(OCc2ccc3c(c2)C(C)(C)CCC3(C)C)cc1. The Morgan fingerprint density at radius 1 is 1.09 bits per heavy atom. The van der Waals surface area contributed by atoms with E-state index in [4.69, 9.17) is 20.3 Å². The molecule has 2 aromatic carbocycles. The van der Waals surface area contributed by atoms with Gasteiger partial charge >= 0.3 is 5.97 Å². The van der Waals surface area contributed by atoms with Crippen molar-refractivity contribution in [3.05, 3.63) is 64.7 Å². The van der Waals surface area contributed by atoms with Crippen LogP contribution in [-0.2, 0) is 27.0 Å². The minimum absolute atomic E-state index is 0.130. The lowest BCUT2D eigenvalue weighted by molar-refractivity contribution is -0.141. The molecular formula is C27H35N2O3S+. The maximum atomic E-state index is 11.8. The monoisotopic (exact) mass is 467 g/mol. The fraction of sp³-hybridized carbons (Fsp3) is 0.444. The zero-order chi connectivity index (χ0) is 24.2. The predicted molar refractivity (Wildman–Crippen MR) is 135 cm³/mol. The summed E-state index contributed by atoms with van der Waals surface area (Å²) < 4.78 is 10.9. The number of benzene rings is 2. The van der Waals surface area contributed by atoms with Crippen LogP contribution in [0.5, 0.6) is 5.75 Å². The van der Waals surface area contributed by atoms with Gasteiger partial charge in [0.25, 0.3) is 0 Å². The van der Waals surface area contributed by atoms with Crippen molar-refractivity contribution < 1.29 is 19.7 Å². The Kier molecular flexibility index (Phi) is 7.68. The number of nitrogens with two attached hydrogens (primary N) is 1. The molecule has 0 spiro atoms. The van der Waals surface area contributed by atoms with Crippen LogP contribution >= 0.6 is 11.8 Å². The number of methoxy groups -OCH3 is 1. The van der Waals surface area contributed by atoms with Crippen LogP contribution in [0.25, 0.3) is 0 Å². The summed E-state index contributed by atoms with van der Waals surface area (Å²) in [6.07, 6.45) is 2.51. The van der Waals surface area contributed by atoms with Gasteiger partial charge in [-0.25, -0.2) is 0 Å². The fourth-order valence-corrected chi connectivity index (χ4v) is 4.99. The number of rotatable bonds is 8. The standard InChI is InChI=1S/C27H34N2O3S/c1-26(2)12-13-27(3,4)23-14-18(6-11-22(23)26)16-32-20-9-7-19(8-10-20)21(15-24(30)31-5)25(29)33-17-28/h6-11,14,17,21,28-29H,12-13,15-16H2,1-5H3/p+1/t21-/m1/s1. The number of nitrogens with one attached hydrogen (secondary N) is 1. The van der Waals surface area contributed by atoms with E-state index in [9.17, 15) is 4.79 Å². The molecule has 0 fully saturated rings. The molecule has 6 heteroatoms. The molecule has 1 aliphatic rings. The minimum Gasteiger partial charge on any atom is -0.489 e. The molecule has 5 nitrogen and oxygen atoms in total. The third-order valence-corrected chi connectivity index (χ3v) is 7.42. The lowest BCUT2D eigenvalue weighted by atomic mass is 9.63. The normalized spacial score (nSPS) is 16.9. The summed E-state index contributed by atoms with van der Waals surface area (Å²) in [6.45, 7) is 9.81. The Labute approximate surface area is 201 Å². The zero-order valence-electron chi connectivity index (χ0n) is 20.2. The van der Waals surface area contributed by atoms with Crippen LogP contribution in [0.4, 0.5) is 0 Å². The Morgan fingerprint density at radius 2 is 1.73 bits per heavy atom. The summed E-state index contributed by atoms with van der Waals surface area (Å²) in [4.78, 5) is 11.8. The Bertz CT molecular complexity index is 1030. The van der Waals surface area contributed by atoms with Crippen LogP contribution in [-0.4, -0.2) is 23.7 Å². The summed E-state index contributed by atoms with van der Waals surface area (Å²) >= 11 is 1.11. The molecule has 0 heterocycles. The van der Waals surface area contributed by atoms with E-state index < -0.39 is 0 Å². The molecule has 0 radical (unpaired) electrons. The van der Waals surface area contributed by atoms with Crippen molar-refractivity contribution >= 4 is 28.3 Å². The van der Waals surface area contributed by atoms with E-state index in [1.807, 2.05) is 24.3 Å². The van der Waals surface area contributed by atoms with E-state index in [1.165, 1.54) is 31.1 Å². The number of hydrogen-bond donors (Lipinski definition) is 2. The third kappa shape index (κ3) is 5.85. The van der Waals surface area contributed by atoms with Gasteiger partial charge in [0.15, 0.2) is 0 Å². The maximum Gasteiger partial charge on any atom is 0.306 e. The molecule has 1 aliphatic carbocycles. The van der Waals surface area contributed by atoms with Crippen LogP contribution in [0.1, 0.15) is 75.1 Å². The van der Waals surface area contributed by atoms with Gasteiger partial charge in [-0.15, -0.1) is 0 Å².